The van der Waals surface area contributed by atoms with E-state index in [0.717, 1.165) is 23.2 Å². The minimum absolute atomic E-state index is 0.102. The molecule has 2 heterocycles. The number of hydrogen-bond acceptors (Lipinski definition) is 3. The second-order valence-electron chi connectivity index (χ2n) is 6.28. The molecule has 2 aromatic rings. The van der Waals surface area contributed by atoms with Gasteiger partial charge in [0, 0.05) is 31.4 Å². The Morgan fingerprint density at radius 3 is 2.76 bits per heavy atom. The van der Waals surface area contributed by atoms with Crippen LogP contribution in [0.3, 0.4) is 0 Å². The first kappa shape index (κ1) is 17.0. The number of nitrogens with zero attached hydrogens (tertiary/aromatic N) is 2. The van der Waals surface area contributed by atoms with Crippen molar-refractivity contribution in [3.05, 3.63) is 53.2 Å². The molecule has 3 rings (SSSR count). The quantitative estimate of drug-likeness (QED) is 0.899. The van der Waals surface area contributed by atoms with Crippen LogP contribution < -0.4 is 15.5 Å². The maximum Gasteiger partial charge on any atom is 0.319 e. The smallest absolute Gasteiger partial charge is 0.319 e. The SMILES string of the molecule is Cc1ccc(NC(=O)NCc2ccnc(N3CCCC3=O)c2)cc1C. The highest BCUT2D eigenvalue weighted by Crippen LogP contribution is 2.19. The lowest BCUT2D eigenvalue weighted by molar-refractivity contribution is -0.117. The Labute approximate surface area is 147 Å². The van der Waals surface area contributed by atoms with Crippen molar-refractivity contribution in [2.24, 2.45) is 0 Å². The number of nitrogens with one attached hydrogen (secondary N) is 2. The largest absolute Gasteiger partial charge is 0.334 e. The third-order valence-electron chi connectivity index (χ3n) is 4.38. The fourth-order valence-electron chi connectivity index (χ4n) is 2.79. The molecule has 0 aliphatic carbocycles. The zero-order valence-electron chi connectivity index (χ0n) is 14.5. The highest BCUT2D eigenvalue weighted by atomic mass is 16.2. The number of carbonyl (C=O) groups is 2. The summed E-state index contributed by atoms with van der Waals surface area (Å²) >= 11 is 0. The second kappa shape index (κ2) is 7.34. The summed E-state index contributed by atoms with van der Waals surface area (Å²) in [5.74, 6) is 0.751. The zero-order valence-corrected chi connectivity index (χ0v) is 14.5. The van der Waals surface area contributed by atoms with E-state index in [-0.39, 0.29) is 11.9 Å². The molecule has 0 radical (unpaired) electrons. The molecule has 3 amide bonds. The summed E-state index contributed by atoms with van der Waals surface area (Å²) in [7, 11) is 0. The number of carbonyl (C=O) groups excluding carboxylic acids is 2. The summed E-state index contributed by atoms with van der Waals surface area (Å²) < 4.78 is 0. The molecule has 1 saturated heterocycles. The van der Waals surface area contributed by atoms with Crippen LogP contribution in [0, 0.1) is 13.8 Å². The van der Waals surface area contributed by atoms with Gasteiger partial charge in [0.05, 0.1) is 0 Å². The predicted octanol–water partition coefficient (Wildman–Crippen LogP) is 3.15. The average Bonchev–Trinajstić information content (AvgIpc) is 3.03. The summed E-state index contributed by atoms with van der Waals surface area (Å²) in [4.78, 5) is 29.8. The Bertz CT molecular complexity index is 804. The molecule has 1 aromatic heterocycles. The topological polar surface area (TPSA) is 74.3 Å². The van der Waals surface area contributed by atoms with Crippen molar-refractivity contribution in [3.8, 4) is 0 Å². The first-order chi connectivity index (χ1) is 12.0. The maximum atomic E-state index is 12.1. The van der Waals surface area contributed by atoms with Crippen LogP contribution >= 0.6 is 0 Å². The molecule has 1 aromatic carbocycles. The minimum atomic E-state index is -0.265. The zero-order chi connectivity index (χ0) is 17.8. The molecule has 0 unspecified atom stereocenters. The summed E-state index contributed by atoms with van der Waals surface area (Å²) in [5.41, 5.74) is 3.98. The van der Waals surface area contributed by atoms with Crippen molar-refractivity contribution in [2.75, 3.05) is 16.8 Å². The summed E-state index contributed by atoms with van der Waals surface area (Å²) in [6.07, 6.45) is 3.10. The lowest BCUT2D eigenvalue weighted by Gasteiger charge is -2.15. The number of benzene rings is 1. The van der Waals surface area contributed by atoms with E-state index in [4.69, 9.17) is 0 Å². The molecule has 0 spiro atoms. The van der Waals surface area contributed by atoms with E-state index in [1.54, 1.807) is 11.1 Å². The lowest BCUT2D eigenvalue weighted by atomic mass is 10.1. The van der Waals surface area contributed by atoms with Crippen LogP contribution in [-0.2, 0) is 11.3 Å². The number of hydrogen-bond donors (Lipinski definition) is 2. The average molecular weight is 338 g/mol. The Kier molecular flexibility index (Phi) is 4.97. The lowest BCUT2D eigenvalue weighted by Crippen LogP contribution is -2.28. The molecule has 0 saturated carbocycles. The van der Waals surface area contributed by atoms with Gasteiger partial charge in [-0.25, -0.2) is 9.78 Å². The van der Waals surface area contributed by atoms with Crippen molar-refractivity contribution in [2.45, 2.75) is 33.2 Å². The molecule has 2 N–H and O–H groups in total. The fourth-order valence-corrected chi connectivity index (χ4v) is 2.79. The molecule has 6 nitrogen and oxygen atoms in total. The van der Waals surface area contributed by atoms with Crippen LogP contribution in [0.5, 0.6) is 0 Å². The first-order valence-corrected chi connectivity index (χ1v) is 8.40. The predicted molar refractivity (Wildman–Crippen MR) is 97.6 cm³/mol. The van der Waals surface area contributed by atoms with E-state index in [1.807, 2.05) is 44.2 Å². The van der Waals surface area contributed by atoms with Crippen molar-refractivity contribution < 1.29 is 9.59 Å². The molecule has 1 aliphatic heterocycles. The van der Waals surface area contributed by atoms with Crippen molar-refractivity contribution in [3.63, 3.8) is 0 Å². The van der Waals surface area contributed by atoms with Crippen LogP contribution in [0.15, 0.2) is 36.5 Å². The van der Waals surface area contributed by atoms with Crippen molar-refractivity contribution >= 4 is 23.4 Å². The molecule has 6 heteroatoms. The van der Waals surface area contributed by atoms with E-state index in [0.29, 0.717) is 25.3 Å². The standard InChI is InChI=1S/C19H22N4O2/c1-13-5-6-16(10-14(13)2)22-19(25)21-12-15-7-8-20-17(11-15)23-9-3-4-18(23)24/h5-8,10-11H,3-4,9,12H2,1-2H3,(H2,21,22,25). The number of urea groups is 1. The number of amides is 3. The molecule has 25 heavy (non-hydrogen) atoms. The van der Waals surface area contributed by atoms with Crippen LogP contribution in [0.25, 0.3) is 0 Å². The van der Waals surface area contributed by atoms with Gasteiger partial charge in [-0.3, -0.25) is 9.69 Å². The van der Waals surface area contributed by atoms with Gasteiger partial charge in [0.15, 0.2) is 0 Å². The Balaban J connectivity index is 1.58. The number of anilines is 2. The Morgan fingerprint density at radius 2 is 2.04 bits per heavy atom. The van der Waals surface area contributed by atoms with E-state index >= 15 is 0 Å². The van der Waals surface area contributed by atoms with E-state index in [9.17, 15) is 9.59 Å². The maximum absolute atomic E-state index is 12.1. The van der Waals surface area contributed by atoms with E-state index in [1.165, 1.54) is 5.56 Å². The van der Waals surface area contributed by atoms with E-state index in [2.05, 4.69) is 15.6 Å². The van der Waals surface area contributed by atoms with Gasteiger partial charge in [-0.05, 0) is 61.2 Å². The summed E-state index contributed by atoms with van der Waals surface area (Å²) in [5, 5.41) is 5.66. The number of aromatic nitrogens is 1. The van der Waals surface area contributed by atoms with Gasteiger partial charge in [-0.1, -0.05) is 6.07 Å². The van der Waals surface area contributed by atoms with Gasteiger partial charge in [0.1, 0.15) is 5.82 Å². The molecule has 0 atom stereocenters. The normalized spacial score (nSPS) is 13.8. The molecule has 0 bridgehead atoms. The molecule has 1 aliphatic rings. The molecule has 130 valence electrons. The minimum Gasteiger partial charge on any atom is -0.334 e. The highest BCUT2D eigenvalue weighted by Gasteiger charge is 2.22. The van der Waals surface area contributed by atoms with Gasteiger partial charge in [0.2, 0.25) is 5.91 Å². The number of aryl methyl sites for hydroxylation is 2. The fraction of sp³-hybridized carbons (Fsp3) is 0.316. The number of rotatable bonds is 4. The van der Waals surface area contributed by atoms with Crippen LogP contribution in [-0.4, -0.2) is 23.5 Å². The first-order valence-electron chi connectivity index (χ1n) is 8.40. The van der Waals surface area contributed by atoms with Gasteiger partial charge in [-0.15, -0.1) is 0 Å². The van der Waals surface area contributed by atoms with Gasteiger partial charge < -0.3 is 10.6 Å². The summed E-state index contributed by atoms with van der Waals surface area (Å²) in [6.45, 7) is 5.12. The van der Waals surface area contributed by atoms with E-state index < -0.39 is 0 Å². The molecule has 1 fully saturated rings. The Hall–Kier alpha value is -2.89. The number of pyridine rings is 1. The second-order valence-corrected chi connectivity index (χ2v) is 6.28. The van der Waals surface area contributed by atoms with Crippen molar-refractivity contribution in [1.29, 1.82) is 0 Å². The van der Waals surface area contributed by atoms with Gasteiger partial charge in [-0.2, -0.15) is 0 Å². The monoisotopic (exact) mass is 338 g/mol. The third-order valence-corrected chi connectivity index (χ3v) is 4.38. The molecular formula is C19H22N4O2. The Morgan fingerprint density at radius 1 is 1.20 bits per heavy atom. The van der Waals surface area contributed by atoms with Crippen molar-refractivity contribution in [1.82, 2.24) is 10.3 Å². The van der Waals surface area contributed by atoms with Gasteiger partial charge in [0.25, 0.3) is 0 Å². The summed E-state index contributed by atoms with van der Waals surface area (Å²) in [6, 6.07) is 9.22. The van der Waals surface area contributed by atoms with Crippen LogP contribution in [0.1, 0.15) is 29.5 Å². The molecular weight excluding hydrogens is 316 g/mol. The highest BCUT2D eigenvalue weighted by molar-refractivity contribution is 5.94. The van der Waals surface area contributed by atoms with Crippen LogP contribution in [0.4, 0.5) is 16.3 Å². The third kappa shape index (κ3) is 4.15. The van der Waals surface area contributed by atoms with Crippen LogP contribution in [0.2, 0.25) is 0 Å². The van der Waals surface area contributed by atoms with Gasteiger partial charge >= 0.3 is 6.03 Å².